The van der Waals surface area contributed by atoms with Gasteiger partial charge in [-0.1, -0.05) is 148 Å². The third-order valence-electron chi connectivity index (χ3n) is 8.22. The van der Waals surface area contributed by atoms with E-state index >= 15 is 0 Å². The number of aliphatic hydroxyl groups excluding tert-OH is 3. The molecule has 0 aromatic heterocycles. The van der Waals surface area contributed by atoms with Gasteiger partial charge in [0.25, 0.3) is 0 Å². The third kappa shape index (κ3) is 41.1. The predicted molar refractivity (Wildman–Crippen MR) is 243 cm³/mol. The monoisotopic (exact) mass is 859 g/mol. The Kier molecular flexibility index (Phi) is 39.5. The largest absolute Gasteiger partial charge is 0.472 e. The molecule has 0 rings (SSSR count). The fourth-order valence-corrected chi connectivity index (χ4v) is 5.67. The number of carbonyl (C=O) groups excluding carboxylic acids is 2. The summed E-state index contributed by atoms with van der Waals surface area (Å²) in [6, 6.07) is 0. The molecule has 0 aromatic rings. The molecule has 0 radical (unpaired) electrons. The van der Waals surface area contributed by atoms with Crippen LogP contribution in [0.3, 0.4) is 0 Å². The summed E-state index contributed by atoms with van der Waals surface area (Å²) in [6.07, 6.45) is 50.7. The summed E-state index contributed by atoms with van der Waals surface area (Å²) >= 11 is 0. The molecule has 4 N–H and O–H groups in total. The van der Waals surface area contributed by atoms with Crippen LogP contribution in [0, 0.1) is 0 Å². The van der Waals surface area contributed by atoms with Crippen LogP contribution in [0.5, 0.6) is 0 Å². The van der Waals surface area contributed by atoms with E-state index in [1.54, 1.807) is 12.2 Å². The minimum Gasteiger partial charge on any atom is -0.462 e. The van der Waals surface area contributed by atoms with Gasteiger partial charge in [-0.05, 0) is 83.5 Å². The maximum Gasteiger partial charge on any atom is 0.472 e. The van der Waals surface area contributed by atoms with Gasteiger partial charge in [0, 0.05) is 12.8 Å². The molecule has 0 saturated heterocycles. The zero-order valence-electron chi connectivity index (χ0n) is 36.2. The van der Waals surface area contributed by atoms with Crippen molar-refractivity contribution in [1.82, 2.24) is 0 Å². The predicted octanol–water partition coefficient (Wildman–Crippen LogP) is 10.5. The lowest BCUT2D eigenvalue weighted by molar-refractivity contribution is -0.161. The average molecular weight is 859 g/mol. The Morgan fingerprint density at radius 2 is 1.10 bits per heavy atom. The van der Waals surface area contributed by atoms with Crippen LogP contribution in [-0.4, -0.2) is 76.9 Å². The van der Waals surface area contributed by atoms with Gasteiger partial charge < -0.3 is 29.7 Å². The smallest absolute Gasteiger partial charge is 0.462 e. The van der Waals surface area contributed by atoms with E-state index in [-0.39, 0.29) is 12.8 Å². The number of allylic oxidation sites excluding steroid dienone is 19. The number of esters is 2. The fourth-order valence-electron chi connectivity index (χ4n) is 4.88. The normalized spacial score (nSPS) is 15.5. The lowest BCUT2D eigenvalue weighted by atomic mass is 10.1. The molecule has 0 spiro atoms. The molecule has 11 nitrogen and oxygen atoms in total. The molecule has 0 aliphatic heterocycles. The first kappa shape index (κ1) is 56.3. The molecule has 0 saturated carbocycles. The van der Waals surface area contributed by atoms with Gasteiger partial charge in [-0.25, -0.2) is 4.57 Å². The van der Waals surface area contributed by atoms with Crippen LogP contribution in [0.4, 0.5) is 0 Å². The van der Waals surface area contributed by atoms with Crippen LogP contribution in [0.25, 0.3) is 0 Å². The first-order chi connectivity index (χ1) is 29.1. The maximum atomic E-state index is 12.6. The van der Waals surface area contributed by atoms with E-state index in [1.807, 2.05) is 30.4 Å². The minimum absolute atomic E-state index is 0.0118. The molecule has 60 heavy (non-hydrogen) atoms. The van der Waals surface area contributed by atoms with Gasteiger partial charge in [-0.2, -0.15) is 0 Å². The number of rotatable bonds is 38. The lowest BCUT2D eigenvalue weighted by Gasteiger charge is -2.20. The Labute approximate surface area is 360 Å². The average Bonchev–Trinajstić information content (AvgIpc) is 3.23. The fraction of sp³-hybridized carbons (Fsp3) is 0.542. The number of ether oxygens (including phenoxy) is 2. The number of phosphoric ester groups is 1. The summed E-state index contributed by atoms with van der Waals surface area (Å²) in [7, 11) is -4.69. The third-order valence-corrected chi connectivity index (χ3v) is 9.17. The van der Waals surface area contributed by atoms with E-state index in [0.717, 1.165) is 51.4 Å². The Balaban J connectivity index is 4.65. The van der Waals surface area contributed by atoms with Gasteiger partial charge in [0.1, 0.15) is 12.7 Å². The number of carbonyl (C=O) groups is 2. The standard InChI is InChI=1S/C48H75O11P/c1-3-5-7-9-11-13-15-17-18-19-20-21-22-24-26-28-30-32-34-38-48(53)59-46(43-58-60(54,55)57-41-45(51)40-49)42-56-47(52)39-35-37-44(50)36-33-31-29-27-25-23-16-14-12-10-8-6-4-2/h6,8,11-14,17-18,20-21,23-26,29-33,36,44-46,49-51H,3-5,7,9-10,15-16,19,22,27-28,34-35,37-43H2,1-2H3,(H,54,55)/b8-6-,13-11-,14-12-,18-17-,21-20-,25-23-,26-24-,31-29-,32-30-,36-33+/t44?,45-,46+/m0/s1. The maximum absolute atomic E-state index is 12.6. The van der Waals surface area contributed by atoms with Crippen molar-refractivity contribution in [2.45, 2.75) is 141 Å². The van der Waals surface area contributed by atoms with Crippen LogP contribution in [-0.2, 0) is 32.7 Å². The summed E-state index contributed by atoms with van der Waals surface area (Å²) in [4.78, 5) is 35.0. The number of hydrogen-bond donors (Lipinski definition) is 4. The van der Waals surface area contributed by atoms with E-state index in [9.17, 15) is 29.3 Å². The first-order valence-corrected chi connectivity index (χ1v) is 23.1. The van der Waals surface area contributed by atoms with Gasteiger partial charge in [0.15, 0.2) is 6.10 Å². The van der Waals surface area contributed by atoms with Gasteiger partial charge in [0.05, 0.1) is 25.9 Å². The molecule has 4 atom stereocenters. The quantitative estimate of drug-likeness (QED) is 0.0153. The topological polar surface area (TPSA) is 169 Å². The van der Waals surface area contributed by atoms with Crippen molar-refractivity contribution in [1.29, 1.82) is 0 Å². The number of hydrogen-bond acceptors (Lipinski definition) is 10. The number of unbranched alkanes of at least 4 members (excludes halogenated alkanes) is 3. The molecule has 0 aliphatic rings. The van der Waals surface area contributed by atoms with Crippen LogP contribution in [0.15, 0.2) is 122 Å². The van der Waals surface area contributed by atoms with Crippen LogP contribution in [0.2, 0.25) is 0 Å². The summed E-state index contributed by atoms with van der Waals surface area (Å²) in [5.74, 6) is -1.24. The van der Waals surface area contributed by atoms with Crippen LogP contribution < -0.4 is 0 Å². The van der Waals surface area contributed by atoms with Crippen molar-refractivity contribution >= 4 is 19.8 Å². The molecule has 12 heteroatoms. The van der Waals surface area contributed by atoms with E-state index in [4.69, 9.17) is 19.1 Å². The molecule has 2 unspecified atom stereocenters. The van der Waals surface area contributed by atoms with Gasteiger partial charge in [-0.15, -0.1) is 0 Å². The Bertz CT molecular complexity index is 1420. The molecule has 0 amide bonds. The van der Waals surface area contributed by atoms with E-state index < -0.39 is 64.5 Å². The highest BCUT2D eigenvalue weighted by molar-refractivity contribution is 7.47. The highest BCUT2D eigenvalue weighted by atomic mass is 31.2. The summed E-state index contributed by atoms with van der Waals surface area (Å²) in [5.41, 5.74) is 0. The summed E-state index contributed by atoms with van der Waals surface area (Å²) < 4.78 is 32.5. The van der Waals surface area contributed by atoms with Gasteiger partial charge in [-0.3, -0.25) is 18.6 Å². The molecule has 0 fully saturated rings. The summed E-state index contributed by atoms with van der Waals surface area (Å²) in [6.45, 7) is 1.89. The van der Waals surface area contributed by atoms with Crippen molar-refractivity contribution in [3.8, 4) is 0 Å². The van der Waals surface area contributed by atoms with Crippen molar-refractivity contribution in [3.63, 3.8) is 0 Å². The molecule has 0 bridgehead atoms. The Morgan fingerprint density at radius 1 is 0.583 bits per heavy atom. The van der Waals surface area contributed by atoms with Crippen molar-refractivity contribution < 1.29 is 52.9 Å². The van der Waals surface area contributed by atoms with Crippen molar-refractivity contribution in [3.05, 3.63) is 122 Å². The van der Waals surface area contributed by atoms with Crippen molar-refractivity contribution in [2.24, 2.45) is 0 Å². The second-order valence-corrected chi connectivity index (χ2v) is 15.3. The van der Waals surface area contributed by atoms with Crippen LogP contribution >= 0.6 is 7.82 Å². The molecule has 0 aliphatic carbocycles. The molecule has 338 valence electrons. The van der Waals surface area contributed by atoms with Gasteiger partial charge in [0.2, 0.25) is 0 Å². The van der Waals surface area contributed by atoms with Gasteiger partial charge >= 0.3 is 19.8 Å². The zero-order valence-corrected chi connectivity index (χ0v) is 37.1. The zero-order chi connectivity index (χ0) is 44.2. The minimum atomic E-state index is -4.69. The molecular formula is C48H75O11P. The second kappa shape index (κ2) is 42.0. The molecular weight excluding hydrogens is 783 g/mol. The van der Waals surface area contributed by atoms with Crippen molar-refractivity contribution in [2.75, 3.05) is 26.4 Å². The molecule has 0 aromatic carbocycles. The highest BCUT2D eigenvalue weighted by Crippen LogP contribution is 2.43. The van der Waals surface area contributed by atoms with Crippen LogP contribution in [0.1, 0.15) is 123 Å². The Morgan fingerprint density at radius 3 is 1.65 bits per heavy atom. The first-order valence-electron chi connectivity index (χ1n) is 21.6. The second-order valence-electron chi connectivity index (χ2n) is 13.8. The van der Waals surface area contributed by atoms with E-state index in [2.05, 4.69) is 97.4 Å². The lowest BCUT2D eigenvalue weighted by Crippen LogP contribution is -2.29. The van der Waals surface area contributed by atoms with E-state index in [1.165, 1.54) is 19.3 Å². The number of phosphoric acid groups is 1. The Hall–Kier alpha value is -3.67. The molecule has 0 heterocycles. The SMILES string of the molecule is CC/C=C\C/C=C\C/C=C\C/C=C\C=C\C(O)CCCC(=O)OC[C@H](COP(=O)(O)OC[C@@H](O)CO)OC(=O)CC/C=C\C/C=C\C/C=C\C/C=C\C/C=C\CCCCC. The van der Waals surface area contributed by atoms with E-state index in [0.29, 0.717) is 25.7 Å². The highest BCUT2D eigenvalue weighted by Gasteiger charge is 2.27. The summed E-state index contributed by atoms with van der Waals surface area (Å²) in [5, 5.41) is 28.6. The number of aliphatic hydroxyl groups is 3.